The van der Waals surface area contributed by atoms with Gasteiger partial charge < -0.3 is 24.8 Å². The van der Waals surface area contributed by atoms with Crippen molar-refractivity contribution in [1.82, 2.24) is 10.6 Å². The van der Waals surface area contributed by atoms with E-state index in [1.165, 1.54) is 25.7 Å². The fourth-order valence-corrected chi connectivity index (χ4v) is 3.82. The summed E-state index contributed by atoms with van der Waals surface area (Å²) in [6, 6.07) is 0. The van der Waals surface area contributed by atoms with E-state index in [1.807, 2.05) is 7.05 Å². The van der Waals surface area contributed by atoms with Gasteiger partial charge in [-0.1, -0.05) is 12.8 Å². The summed E-state index contributed by atoms with van der Waals surface area (Å²) in [4.78, 5) is 4.35. The van der Waals surface area contributed by atoms with E-state index < -0.39 is 0 Å². The highest BCUT2D eigenvalue weighted by atomic mass is 127. The molecule has 0 unspecified atom stereocenters. The molecule has 0 bridgehead atoms. The highest BCUT2D eigenvalue weighted by Crippen LogP contribution is 2.40. The standard InChI is InChI=1S/C19H37N3O3.HI/c1-20-18(21-11-5-12-25-17-6-13-24-14-7-17)22-16-19(10-15-23-2)8-3-4-9-19;/h17H,3-16H2,1-2H3,(H2,20,21,22);1H. The van der Waals surface area contributed by atoms with Crippen LogP contribution in [0, 0.1) is 5.41 Å². The van der Waals surface area contributed by atoms with Gasteiger partial charge in [-0.2, -0.15) is 0 Å². The van der Waals surface area contributed by atoms with Crippen LogP contribution < -0.4 is 10.6 Å². The first kappa shape index (κ1) is 23.9. The molecule has 0 spiro atoms. The highest BCUT2D eigenvalue weighted by Gasteiger charge is 2.33. The van der Waals surface area contributed by atoms with Crippen LogP contribution in [0.5, 0.6) is 0 Å². The molecule has 2 aliphatic rings. The number of halogens is 1. The molecule has 6 nitrogen and oxygen atoms in total. The van der Waals surface area contributed by atoms with E-state index in [9.17, 15) is 0 Å². The van der Waals surface area contributed by atoms with Crippen molar-refractivity contribution in [3.8, 4) is 0 Å². The summed E-state index contributed by atoms with van der Waals surface area (Å²) in [6.07, 6.45) is 9.81. The zero-order valence-electron chi connectivity index (χ0n) is 16.6. The Kier molecular flexibility index (Phi) is 12.8. The van der Waals surface area contributed by atoms with Gasteiger partial charge in [0.15, 0.2) is 5.96 Å². The molecule has 154 valence electrons. The Morgan fingerprint density at radius 2 is 1.88 bits per heavy atom. The summed E-state index contributed by atoms with van der Waals surface area (Å²) in [6.45, 7) is 5.18. The number of methoxy groups -OCH3 is 1. The Labute approximate surface area is 176 Å². The van der Waals surface area contributed by atoms with Crippen LogP contribution in [0.3, 0.4) is 0 Å². The fraction of sp³-hybridized carbons (Fsp3) is 0.947. The Morgan fingerprint density at radius 3 is 2.54 bits per heavy atom. The van der Waals surface area contributed by atoms with E-state index in [1.54, 1.807) is 7.11 Å². The number of guanidine groups is 1. The SMILES string of the molecule is CN=C(NCCCOC1CCOCC1)NCC1(CCOC)CCCC1.I. The smallest absolute Gasteiger partial charge is 0.190 e. The Morgan fingerprint density at radius 1 is 1.15 bits per heavy atom. The third-order valence-corrected chi connectivity index (χ3v) is 5.49. The molecule has 0 aromatic heterocycles. The second kappa shape index (κ2) is 14.0. The topological polar surface area (TPSA) is 64.1 Å². The minimum atomic E-state index is 0. The highest BCUT2D eigenvalue weighted by molar-refractivity contribution is 14.0. The van der Waals surface area contributed by atoms with Gasteiger partial charge in [0, 0.05) is 53.7 Å². The van der Waals surface area contributed by atoms with Crippen molar-refractivity contribution in [3.05, 3.63) is 0 Å². The Hall–Kier alpha value is -0.120. The minimum Gasteiger partial charge on any atom is -0.385 e. The maximum Gasteiger partial charge on any atom is 0.190 e. The van der Waals surface area contributed by atoms with E-state index in [4.69, 9.17) is 14.2 Å². The quantitative estimate of drug-likeness (QED) is 0.217. The summed E-state index contributed by atoms with van der Waals surface area (Å²) >= 11 is 0. The van der Waals surface area contributed by atoms with Gasteiger partial charge >= 0.3 is 0 Å². The first-order valence-corrected chi connectivity index (χ1v) is 9.91. The van der Waals surface area contributed by atoms with Crippen molar-refractivity contribution >= 4 is 29.9 Å². The van der Waals surface area contributed by atoms with Crippen LogP contribution in [-0.4, -0.2) is 65.7 Å². The summed E-state index contributed by atoms with van der Waals surface area (Å²) in [5, 5.41) is 6.93. The number of hydrogen-bond donors (Lipinski definition) is 2. The number of rotatable bonds is 10. The summed E-state index contributed by atoms with van der Waals surface area (Å²) < 4.78 is 16.6. The van der Waals surface area contributed by atoms with E-state index >= 15 is 0 Å². The first-order chi connectivity index (χ1) is 12.3. The molecule has 7 heteroatoms. The molecule has 2 N–H and O–H groups in total. The van der Waals surface area contributed by atoms with Gasteiger partial charge in [-0.3, -0.25) is 4.99 Å². The van der Waals surface area contributed by atoms with Crippen LogP contribution in [-0.2, 0) is 14.2 Å². The molecule has 0 amide bonds. The van der Waals surface area contributed by atoms with E-state index in [2.05, 4.69) is 15.6 Å². The van der Waals surface area contributed by atoms with Crippen LogP contribution in [0.25, 0.3) is 0 Å². The van der Waals surface area contributed by atoms with Crippen molar-refractivity contribution in [3.63, 3.8) is 0 Å². The van der Waals surface area contributed by atoms with Gasteiger partial charge in [0.25, 0.3) is 0 Å². The number of nitrogens with one attached hydrogen (secondary N) is 2. The predicted molar refractivity (Wildman–Crippen MR) is 117 cm³/mol. The first-order valence-electron chi connectivity index (χ1n) is 9.91. The molecule has 26 heavy (non-hydrogen) atoms. The van der Waals surface area contributed by atoms with Crippen LogP contribution in [0.15, 0.2) is 4.99 Å². The molecule has 0 aromatic carbocycles. The molecular formula is C19H38IN3O3. The third kappa shape index (κ3) is 8.71. The number of nitrogens with zero attached hydrogens (tertiary/aromatic N) is 1. The van der Waals surface area contributed by atoms with Crippen molar-refractivity contribution in [2.45, 2.75) is 57.5 Å². The Balaban J connectivity index is 0.00000338. The van der Waals surface area contributed by atoms with Gasteiger partial charge in [-0.25, -0.2) is 0 Å². The lowest BCUT2D eigenvalue weighted by Crippen LogP contribution is -2.43. The Bertz CT molecular complexity index is 384. The average molecular weight is 483 g/mol. The normalized spacial score (nSPS) is 20.6. The molecule has 2 rings (SSSR count). The molecule has 0 atom stereocenters. The number of hydrogen-bond acceptors (Lipinski definition) is 4. The van der Waals surface area contributed by atoms with Gasteiger partial charge in [-0.05, 0) is 43.9 Å². The zero-order chi connectivity index (χ0) is 17.8. The molecule has 0 radical (unpaired) electrons. The lowest BCUT2D eigenvalue weighted by Gasteiger charge is -2.30. The summed E-state index contributed by atoms with van der Waals surface area (Å²) in [5.74, 6) is 0.898. The monoisotopic (exact) mass is 483 g/mol. The molecule has 1 saturated carbocycles. The van der Waals surface area contributed by atoms with E-state index in [0.29, 0.717) is 11.5 Å². The second-order valence-electron chi connectivity index (χ2n) is 7.34. The van der Waals surface area contributed by atoms with Crippen LogP contribution in [0.1, 0.15) is 51.4 Å². The van der Waals surface area contributed by atoms with Crippen LogP contribution >= 0.6 is 24.0 Å². The summed E-state index contributed by atoms with van der Waals surface area (Å²) in [7, 11) is 3.63. The molecule has 2 fully saturated rings. The van der Waals surface area contributed by atoms with Gasteiger partial charge in [0.1, 0.15) is 0 Å². The second-order valence-corrected chi connectivity index (χ2v) is 7.34. The molecule has 1 aliphatic carbocycles. The minimum absolute atomic E-state index is 0. The van der Waals surface area contributed by atoms with Crippen molar-refractivity contribution in [2.24, 2.45) is 10.4 Å². The van der Waals surface area contributed by atoms with Gasteiger partial charge in [-0.15, -0.1) is 24.0 Å². The largest absolute Gasteiger partial charge is 0.385 e. The van der Waals surface area contributed by atoms with Crippen molar-refractivity contribution < 1.29 is 14.2 Å². The van der Waals surface area contributed by atoms with Gasteiger partial charge in [0.2, 0.25) is 0 Å². The van der Waals surface area contributed by atoms with Crippen molar-refractivity contribution in [1.29, 1.82) is 0 Å². The number of ether oxygens (including phenoxy) is 3. The third-order valence-electron chi connectivity index (χ3n) is 5.49. The number of aliphatic imine (C=N–C) groups is 1. The summed E-state index contributed by atoms with van der Waals surface area (Å²) in [5.41, 5.74) is 0.375. The lowest BCUT2D eigenvalue weighted by molar-refractivity contribution is -0.0320. The van der Waals surface area contributed by atoms with Crippen molar-refractivity contribution in [2.75, 3.05) is 53.7 Å². The molecule has 1 aliphatic heterocycles. The van der Waals surface area contributed by atoms with E-state index in [-0.39, 0.29) is 24.0 Å². The maximum absolute atomic E-state index is 5.91. The average Bonchev–Trinajstić information content (AvgIpc) is 3.12. The zero-order valence-corrected chi connectivity index (χ0v) is 18.9. The molecule has 1 heterocycles. The van der Waals surface area contributed by atoms with Crippen LogP contribution in [0.2, 0.25) is 0 Å². The maximum atomic E-state index is 5.91. The van der Waals surface area contributed by atoms with Crippen LogP contribution in [0.4, 0.5) is 0 Å². The predicted octanol–water partition coefficient (Wildman–Crippen LogP) is 2.95. The molecule has 0 aromatic rings. The molecule has 1 saturated heterocycles. The molecular weight excluding hydrogens is 445 g/mol. The van der Waals surface area contributed by atoms with E-state index in [0.717, 1.165) is 71.2 Å². The lowest BCUT2D eigenvalue weighted by atomic mass is 9.83. The fourth-order valence-electron chi connectivity index (χ4n) is 3.82. The van der Waals surface area contributed by atoms with Gasteiger partial charge in [0.05, 0.1) is 6.10 Å².